The van der Waals surface area contributed by atoms with Crippen LogP contribution >= 0.6 is 24.0 Å². The van der Waals surface area contributed by atoms with E-state index in [1.807, 2.05) is 6.92 Å². The van der Waals surface area contributed by atoms with Crippen LogP contribution in [0.3, 0.4) is 0 Å². The third-order valence-electron chi connectivity index (χ3n) is 5.32. The van der Waals surface area contributed by atoms with Crippen LogP contribution in [0, 0.1) is 5.41 Å². The van der Waals surface area contributed by atoms with Crippen molar-refractivity contribution in [2.24, 2.45) is 10.4 Å². The Morgan fingerprint density at radius 1 is 1.23 bits per heavy atom. The zero-order valence-corrected chi connectivity index (χ0v) is 19.0. The third kappa shape index (κ3) is 7.21. The lowest BCUT2D eigenvalue weighted by atomic mass is 9.67. The van der Waals surface area contributed by atoms with Gasteiger partial charge < -0.3 is 16.0 Å². The van der Waals surface area contributed by atoms with Gasteiger partial charge in [-0.05, 0) is 38.0 Å². The van der Waals surface area contributed by atoms with Crippen LogP contribution in [0.25, 0.3) is 0 Å². The number of halogens is 1. The quantitative estimate of drug-likeness (QED) is 0.266. The van der Waals surface area contributed by atoms with Crippen molar-refractivity contribution in [1.29, 1.82) is 0 Å². The minimum absolute atomic E-state index is 0. The molecular formula is C17H33IN4O3S. The highest BCUT2D eigenvalue weighted by Crippen LogP contribution is 2.43. The van der Waals surface area contributed by atoms with Crippen LogP contribution in [0.4, 0.5) is 0 Å². The third-order valence-corrected chi connectivity index (χ3v) is 7.09. The lowest BCUT2D eigenvalue weighted by molar-refractivity contribution is -0.121. The van der Waals surface area contributed by atoms with Gasteiger partial charge in [-0.2, -0.15) is 0 Å². The average Bonchev–Trinajstić information content (AvgIpc) is 2.85. The van der Waals surface area contributed by atoms with Crippen LogP contribution in [0.1, 0.15) is 52.4 Å². The molecule has 9 heteroatoms. The van der Waals surface area contributed by atoms with Gasteiger partial charge in [0.2, 0.25) is 5.91 Å². The summed E-state index contributed by atoms with van der Waals surface area (Å²) in [6.45, 7) is 6.32. The molecule has 3 N–H and O–H groups in total. The van der Waals surface area contributed by atoms with Crippen LogP contribution < -0.4 is 16.0 Å². The molecule has 2 aliphatic rings. The first-order valence-electron chi connectivity index (χ1n) is 9.40. The molecule has 0 aromatic rings. The van der Waals surface area contributed by atoms with Gasteiger partial charge in [0, 0.05) is 32.1 Å². The molecule has 1 unspecified atom stereocenters. The molecule has 26 heavy (non-hydrogen) atoms. The van der Waals surface area contributed by atoms with Crippen molar-refractivity contribution < 1.29 is 13.2 Å². The average molecular weight is 500 g/mol. The summed E-state index contributed by atoms with van der Waals surface area (Å²) in [5.74, 6) is 0.870. The van der Waals surface area contributed by atoms with E-state index in [9.17, 15) is 13.2 Å². The van der Waals surface area contributed by atoms with Crippen LogP contribution in [0.2, 0.25) is 0 Å². The lowest BCUT2D eigenvalue weighted by Crippen LogP contribution is -2.42. The number of carbonyl (C=O) groups is 1. The van der Waals surface area contributed by atoms with Crippen molar-refractivity contribution in [3.63, 3.8) is 0 Å². The normalized spacial score (nSPS) is 23.5. The van der Waals surface area contributed by atoms with Gasteiger partial charge in [0.25, 0.3) is 0 Å². The fraction of sp³-hybridized carbons (Fsp3) is 0.882. The first-order chi connectivity index (χ1) is 11.9. The Labute approximate surface area is 174 Å². The molecule has 1 saturated carbocycles. The van der Waals surface area contributed by atoms with Gasteiger partial charge in [0.05, 0.1) is 11.5 Å². The van der Waals surface area contributed by atoms with Crippen molar-refractivity contribution in [1.82, 2.24) is 16.0 Å². The first-order valence-corrected chi connectivity index (χ1v) is 11.2. The molecule has 152 valence electrons. The van der Waals surface area contributed by atoms with E-state index in [2.05, 4.69) is 27.9 Å². The number of rotatable bonds is 8. The van der Waals surface area contributed by atoms with E-state index in [0.29, 0.717) is 24.8 Å². The molecule has 1 saturated heterocycles. The molecule has 2 fully saturated rings. The van der Waals surface area contributed by atoms with Crippen LogP contribution in [-0.4, -0.2) is 57.5 Å². The fourth-order valence-corrected chi connectivity index (χ4v) is 5.07. The molecule has 0 radical (unpaired) electrons. The largest absolute Gasteiger partial charge is 0.357 e. The molecule has 1 heterocycles. The number of guanidine groups is 1. The Morgan fingerprint density at radius 3 is 2.46 bits per heavy atom. The Hall–Kier alpha value is -0.580. The molecule has 1 aliphatic heterocycles. The maximum Gasteiger partial charge on any atom is 0.222 e. The second-order valence-corrected chi connectivity index (χ2v) is 9.48. The highest BCUT2D eigenvalue weighted by Gasteiger charge is 2.34. The molecule has 1 aliphatic carbocycles. The van der Waals surface area contributed by atoms with E-state index in [1.165, 1.54) is 19.3 Å². The summed E-state index contributed by atoms with van der Waals surface area (Å²) in [5, 5.41) is 9.22. The number of hydrogen-bond acceptors (Lipinski definition) is 4. The summed E-state index contributed by atoms with van der Waals surface area (Å²) in [6, 6.07) is -0.234. The highest BCUT2D eigenvalue weighted by molar-refractivity contribution is 14.0. The van der Waals surface area contributed by atoms with Crippen molar-refractivity contribution in [3.8, 4) is 0 Å². The van der Waals surface area contributed by atoms with E-state index >= 15 is 0 Å². The summed E-state index contributed by atoms with van der Waals surface area (Å²) in [6.07, 6.45) is 5.77. The molecule has 7 nitrogen and oxygen atoms in total. The predicted molar refractivity (Wildman–Crippen MR) is 116 cm³/mol. The molecule has 1 amide bonds. The second-order valence-electron chi connectivity index (χ2n) is 7.25. The summed E-state index contributed by atoms with van der Waals surface area (Å²) >= 11 is 0. The SMILES string of the molecule is CCNC(=NCC1(CC)CCC1)NCCC(=O)NC1CCS(=O)(=O)C1.I. The molecule has 0 aromatic carbocycles. The number of sulfone groups is 1. The molecule has 0 aromatic heterocycles. The highest BCUT2D eigenvalue weighted by atomic mass is 127. The smallest absolute Gasteiger partial charge is 0.222 e. The van der Waals surface area contributed by atoms with Crippen molar-refractivity contribution in [2.75, 3.05) is 31.1 Å². The number of aliphatic imine (C=N–C) groups is 1. The maximum absolute atomic E-state index is 12.0. The number of amides is 1. The second kappa shape index (κ2) is 10.7. The Morgan fingerprint density at radius 2 is 1.96 bits per heavy atom. The van der Waals surface area contributed by atoms with Gasteiger partial charge in [-0.3, -0.25) is 9.79 Å². The molecule has 0 bridgehead atoms. The van der Waals surface area contributed by atoms with Gasteiger partial charge in [0.1, 0.15) is 0 Å². The van der Waals surface area contributed by atoms with Crippen molar-refractivity contribution >= 4 is 45.7 Å². The molecule has 1 atom stereocenters. The molecule has 2 rings (SSSR count). The zero-order chi connectivity index (χ0) is 18.3. The van der Waals surface area contributed by atoms with Crippen LogP contribution in [-0.2, 0) is 14.6 Å². The van der Waals surface area contributed by atoms with Gasteiger partial charge in [-0.25, -0.2) is 8.42 Å². The van der Waals surface area contributed by atoms with Gasteiger partial charge >= 0.3 is 0 Å². The molecule has 0 spiro atoms. The van der Waals surface area contributed by atoms with E-state index in [4.69, 9.17) is 0 Å². The summed E-state index contributed by atoms with van der Waals surface area (Å²) in [5.41, 5.74) is 0.369. The van der Waals surface area contributed by atoms with Gasteiger partial charge in [-0.15, -0.1) is 24.0 Å². The van der Waals surface area contributed by atoms with Crippen LogP contribution in [0.15, 0.2) is 4.99 Å². The van der Waals surface area contributed by atoms with Crippen molar-refractivity contribution in [3.05, 3.63) is 0 Å². The summed E-state index contributed by atoms with van der Waals surface area (Å²) < 4.78 is 22.8. The van der Waals surface area contributed by atoms with Gasteiger partial charge in [-0.1, -0.05) is 13.3 Å². The van der Waals surface area contributed by atoms with Crippen LogP contribution in [0.5, 0.6) is 0 Å². The molecular weight excluding hydrogens is 467 g/mol. The van der Waals surface area contributed by atoms with E-state index in [0.717, 1.165) is 25.5 Å². The van der Waals surface area contributed by atoms with Gasteiger partial charge in [0.15, 0.2) is 15.8 Å². The predicted octanol–water partition coefficient (Wildman–Crippen LogP) is 1.43. The number of hydrogen-bond donors (Lipinski definition) is 3. The van der Waals surface area contributed by atoms with E-state index in [-0.39, 0.29) is 47.4 Å². The number of carbonyl (C=O) groups excluding carboxylic acids is 1. The fourth-order valence-electron chi connectivity index (χ4n) is 3.39. The standard InChI is InChI=1S/C17H32N4O3S.HI/c1-3-17(8-5-9-17)13-20-16(18-4-2)19-10-6-15(22)21-14-7-11-25(23,24)12-14;/h14H,3-13H2,1-2H3,(H,21,22)(H2,18,19,20);1H. The number of nitrogens with one attached hydrogen (secondary N) is 3. The zero-order valence-electron chi connectivity index (χ0n) is 15.8. The number of nitrogens with zero attached hydrogens (tertiary/aromatic N) is 1. The Kier molecular flexibility index (Phi) is 9.63. The van der Waals surface area contributed by atoms with Crippen molar-refractivity contribution in [2.45, 2.75) is 58.4 Å². The monoisotopic (exact) mass is 500 g/mol. The Bertz CT molecular complexity index is 585. The maximum atomic E-state index is 12.0. The first kappa shape index (κ1) is 23.5. The Balaban J connectivity index is 0.00000338. The summed E-state index contributed by atoms with van der Waals surface area (Å²) in [4.78, 5) is 16.6. The lowest BCUT2D eigenvalue weighted by Gasteiger charge is -2.40. The minimum Gasteiger partial charge on any atom is -0.357 e. The van der Waals surface area contributed by atoms with E-state index in [1.54, 1.807) is 0 Å². The summed E-state index contributed by atoms with van der Waals surface area (Å²) in [7, 11) is -2.96. The minimum atomic E-state index is -2.96. The topological polar surface area (TPSA) is 99.7 Å². The van der Waals surface area contributed by atoms with E-state index < -0.39 is 9.84 Å².